The molecule has 7 heteroatoms. The lowest BCUT2D eigenvalue weighted by atomic mass is 9.92. The first-order valence-corrected chi connectivity index (χ1v) is 13.0. The lowest BCUT2D eigenvalue weighted by molar-refractivity contribution is -0.138. The number of ether oxygens (including phenoxy) is 2. The van der Waals surface area contributed by atoms with Gasteiger partial charge in [0.15, 0.2) is 6.10 Å². The molecular weight excluding hydrogens is 424 g/mol. The van der Waals surface area contributed by atoms with Gasteiger partial charge in [-0.2, -0.15) is 0 Å². The summed E-state index contributed by atoms with van der Waals surface area (Å²) in [6, 6.07) is 14.0. The molecule has 1 amide bonds. The fourth-order valence-corrected chi connectivity index (χ4v) is 5.47. The smallest absolute Gasteiger partial charge is 0.263 e. The van der Waals surface area contributed by atoms with Crippen molar-refractivity contribution in [2.24, 2.45) is 0 Å². The van der Waals surface area contributed by atoms with Crippen LogP contribution in [0.3, 0.4) is 0 Å². The number of piperidine rings is 1. The summed E-state index contributed by atoms with van der Waals surface area (Å²) in [5.74, 6) is 1.17. The van der Waals surface area contributed by atoms with Crippen LogP contribution in [0.5, 0.6) is 11.5 Å². The summed E-state index contributed by atoms with van der Waals surface area (Å²) in [6.07, 6.45) is 4.34. The van der Waals surface area contributed by atoms with Crippen LogP contribution in [-0.4, -0.2) is 52.3 Å². The highest BCUT2D eigenvalue weighted by molar-refractivity contribution is 7.92. The van der Waals surface area contributed by atoms with Crippen LogP contribution in [-0.2, 0) is 14.5 Å². The summed E-state index contributed by atoms with van der Waals surface area (Å²) in [5, 5.41) is -0.281. The Bertz CT molecular complexity index is 1160. The lowest BCUT2D eigenvalue weighted by Crippen LogP contribution is -2.48. The maximum atomic E-state index is 12.9. The number of benzene rings is 2. The number of nitrogens with zero attached hydrogens (tertiary/aromatic N) is 1. The highest BCUT2D eigenvalue weighted by Crippen LogP contribution is 2.37. The van der Waals surface area contributed by atoms with Crippen LogP contribution >= 0.6 is 0 Å². The third kappa shape index (κ3) is 4.67. The first kappa shape index (κ1) is 22.4. The molecule has 2 aromatic rings. The van der Waals surface area contributed by atoms with Gasteiger partial charge in [0.05, 0.1) is 5.25 Å². The summed E-state index contributed by atoms with van der Waals surface area (Å²) in [7, 11) is -2.68. The number of carbonyl (C=O) groups is 1. The van der Waals surface area contributed by atoms with Gasteiger partial charge in [-0.1, -0.05) is 24.3 Å². The molecule has 0 saturated carbocycles. The van der Waals surface area contributed by atoms with E-state index in [2.05, 4.69) is 25.1 Å². The summed E-state index contributed by atoms with van der Waals surface area (Å²) in [5.41, 5.74) is 4.52. The minimum atomic E-state index is -2.68. The maximum absolute atomic E-state index is 12.9. The number of likely N-dealkylation sites (tertiary alicyclic amines) is 1. The molecule has 4 rings (SSSR count). The van der Waals surface area contributed by atoms with Crippen LogP contribution in [0.1, 0.15) is 36.5 Å². The second-order valence-corrected chi connectivity index (χ2v) is 11.1. The van der Waals surface area contributed by atoms with E-state index in [0.29, 0.717) is 25.4 Å². The molecule has 32 heavy (non-hydrogen) atoms. The number of hydrogen-bond acceptors (Lipinski definition) is 5. The van der Waals surface area contributed by atoms with Gasteiger partial charge < -0.3 is 14.4 Å². The minimum Gasteiger partial charge on any atom is -0.489 e. The number of rotatable bonds is 5. The Balaban J connectivity index is 1.48. The molecule has 0 spiro atoms. The van der Waals surface area contributed by atoms with E-state index in [1.807, 2.05) is 30.3 Å². The molecule has 0 aromatic heterocycles. The zero-order valence-corrected chi connectivity index (χ0v) is 19.6. The third-order valence-electron chi connectivity index (χ3n) is 6.19. The largest absolute Gasteiger partial charge is 0.489 e. The van der Waals surface area contributed by atoms with E-state index in [1.165, 1.54) is 17.4 Å². The Labute approximate surface area is 190 Å². The Morgan fingerprint density at radius 3 is 2.78 bits per heavy atom. The van der Waals surface area contributed by atoms with Crippen molar-refractivity contribution in [3.05, 3.63) is 65.2 Å². The Hall–Kier alpha value is -2.80. The van der Waals surface area contributed by atoms with Crippen molar-refractivity contribution in [1.29, 1.82) is 4.78 Å². The van der Waals surface area contributed by atoms with Crippen LogP contribution in [0.2, 0.25) is 0 Å². The van der Waals surface area contributed by atoms with Crippen molar-refractivity contribution in [3.63, 3.8) is 0 Å². The van der Waals surface area contributed by atoms with E-state index in [9.17, 15) is 9.00 Å². The van der Waals surface area contributed by atoms with E-state index in [0.717, 1.165) is 29.7 Å². The second-order valence-electron chi connectivity index (χ2n) is 8.61. The molecule has 2 aliphatic heterocycles. The van der Waals surface area contributed by atoms with Gasteiger partial charge in [0.2, 0.25) is 0 Å². The highest BCUT2D eigenvalue weighted by Gasteiger charge is 2.31. The van der Waals surface area contributed by atoms with Crippen LogP contribution in [0.4, 0.5) is 0 Å². The third-order valence-corrected chi connectivity index (χ3v) is 7.85. The van der Waals surface area contributed by atoms with Crippen molar-refractivity contribution >= 4 is 21.2 Å². The average molecular weight is 455 g/mol. The summed E-state index contributed by atoms with van der Waals surface area (Å²) < 4.78 is 31.8. The molecule has 0 aliphatic carbocycles. The normalized spacial score (nSPS) is 20.9. The van der Waals surface area contributed by atoms with Crippen LogP contribution in [0.15, 0.2) is 48.5 Å². The van der Waals surface area contributed by atoms with Gasteiger partial charge in [-0.15, -0.1) is 0 Å². The van der Waals surface area contributed by atoms with Gasteiger partial charge >= 0.3 is 0 Å². The van der Waals surface area contributed by atoms with E-state index in [-0.39, 0.29) is 11.2 Å². The summed E-state index contributed by atoms with van der Waals surface area (Å²) in [4.78, 5) is 14.6. The van der Waals surface area contributed by atoms with Crippen LogP contribution in [0, 0.1) is 11.7 Å². The number of hydrogen-bond donors (Lipinski definition) is 1. The molecule has 1 N–H and O–H groups in total. The molecular formula is C25H30N2O4S. The van der Waals surface area contributed by atoms with E-state index >= 15 is 0 Å². The molecule has 3 atom stereocenters. The topological polar surface area (TPSA) is 79.7 Å². The number of carbonyl (C=O) groups excluding carboxylic acids is 1. The van der Waals surface area contributed by atoms with Crippen LogP contribution < -0.4 is 9.47 Å². The molecule has 0 radical (unpaired) electrons. The molecule has 6 nitrogen and oxygen atoms in total. The fourth-order valence-electron chi connectivity index (χ4n) is 4.39. The Morgan fingerprint density at radius 2 is 2.03 bits per heavy atom. The van der Waals surface area contributed by atoms with Crippen molar-refractivity contribution in [3.8, 4) is 11.5 Å². The maximum Gasteiger partial charge on any atom is 0.263 e. The van der Waals surface area contributed by atoms with Gasteiger partial charge in [-0.05, 0) is 61.6 Å². The van der Waals surface area contributed by atoms with Crippen molar-refractivity contribution < 1.29 is 18.5 Å². The minimum absolute atomic E-state index is 0.141. The first-order chi connectivity index (χ1) is 15.2. The molecule has 2 aromatic carbocycles. The molecule has 3 unspecified atom stereocenters. The molecule has 0 bridgehead atoms. The Kier molecular flexibility index (Phi) is 6.29. The predicted octanol–water partition coefficient (Wildman–Crippen LogP) is 4.25. The van der Waals surface area contributed by atoms with E-state index in [4.69, 9.17) is 14.3 Å². The zero-order chi connectivity index (χ0) is 22.9. The van der Waals surface area contributed by atoms with Crippen LogP contribution in [0.25, 0.3) is 5.57 Å². The molecule has 2 aliphatic rings. The standard InChI is InChI=1S/C25H30N2O4S/c1-17-7-4-5-9-21(17)22-12-14-30-24-15-19(10-11-23(22)24)31-18(2)25(28)27-13-6-8-20(16-27)32(3,26)29/h4-5,7,9-12,15,18,20,26H,6,8,13-14,16H2,1-3H3. The predicted molar refractivity (Wildman–Crippen MR) is 127 cm³/mol. The molecule has 2 heterocycles. The van der Waals surface area contributed by atoms with E-state index in [1.54, 1.807) is 11.8 Å². The van der Waals surface area contributed by atoms with Gasteiger partial charge in [0.1, 0.15) is 18.1 Å². The number of aryl methyl sites for hydroxylation is 1. The summed E-state index contributed by atoms with van der Waals surface area (Å²) in [6.45, 7) is 5.26. The van der Waals surface area contributed by atoms with Crippen molar-refractivity contribution in [1.82, 2.24) is 4.90 Å². The van der Waals surface area contributed by atoms with Gasteiger partial charge in [-0.25, -0.2) is 4.21 Å². The van der Waals surface area contributed by atoms with Gasteiger partial charge in [0.25, 0.3) is 5.91 Å². The summed E-state index contributed by atoms with van der Waals surface area (Å²) >= 11 is 0. The van der Waals surface area contributed by atoms with Gasteiger partial charge in [0, 0.05) is 40.7 Å². The average Bonchev–Trinajstić information content (AvgIpc) is 2.78. The van der Waals surface area contributed by atoms with Crippen molar-refractivity contribution in [2.45, 2.75) is 38.0 Å². The number of nitrogens with one attached hydrogen (secondary N) is 1. The highest BCUT2D eigenvalue weighted by atomic mass is 32.2. The monoisotopic (exact) mass is 454 g/mol. The quantitative estimate of drug-likeness (QED) is 0.732. The van der Waals surface area contributed by atoms with E-state index < -0.39 is 15.8 Å². The lowest BCUT2D eigenvalue weighted by Gasteiger charge is -2.34. The molecule has 1 fully saturated rings. The van der Waals surface area contributed by atoms with Gasteiger partial charge in [-0.3, -0.25) is 9.57 Å². The zero-order valence-electron chi connectivity index (χ0n) is 18.8. The fraction of sp³-hybridized carbons (Fsp3) is 0.400. The SMILES string of the molecule is Cc1ccccc1C1=CCOc2cc(OC(C)C(=O)N3CCCC(S(C)(=N)=O)C3)ccc21. The number of amides is 1. The van der Waals surface area contributed by atoms with Crippen molar-refractivity contribution in [2.75, 3.05) is 26.0 Å². The molecule has 170 valence electrons. The Morgan fingerprint density at radius 1 is 1.25 bits per heavy atom. The molecule has 1 saturated heterocycles. The first-order valence-electron chi connectivity index (χ1n) is 11.0. The number of fused-ring (bicyclic) bond motifs is 1. The second kappa shape index (κ2) is 8.98.